The van der Waals surface area contributed by atoms with Crippen LogP contribution in [0, 0.1) is 0 Å². The van der Waals surface area contributed by atoms with Crippen molar-refractivity contribution in [3.05, 3.63) is 59.7 Å². The van der Waals surface area contributed by atoms with Crippen molar-refractivity contribution in [2.75, 3.05) is 20.3 Å². The van der Waals surface area contributed by atoms with Gasteiger partial charge >= 0.3 is 6.18 Å². The molecule has 0 atom stereocenters. The van der Waals surface area contributed by atoms with Crippen LogP contribution in [0.3, 0.4) is 0 Å². The third kappa shape index (κ3) is 7.77. The van der Waals surface area contributed by atoms with Crippen LogP contribution in [0.1, 0.15) is 18.1 Å². The third-order valence-electron chi connectivity index (χ3n) is 3.68. The van der Waals surface area contributed by atoms with Crippen molar-refractivity contribution >= 4 is 5.96 Å². The molecule has 0 amide bonds. The highest BCUT2D eigenvalue weighted by molar-refractivity contribution is 5.79. The molecule has 8 heteroatoms. The highest BCUT2D eigenvalue weighted by Gasteiger charge is 2.28. The quantitative estimate of drug-likeness (QED) is 0.526. The van der Waals surface area contributed by atoms with Gasteiger partial charge < -0.3 is 20.1 Å². The summed E-state index contributed by atoms with van der Waals surface area (Å²) in [5, 5.41) is 6.36. The lowest BCUT2D eigenvalue weighted by Crippen LogP contribution is -2.36. The molecule has 0 aliphatic heterocycles. The molecule has 2 aromatic rings. The summed E-state index contributed by atoms with van der Waals surface area (Å²) in [4.78, 5) is 4.54. The van der Waals surface area contributed by atoms with E-state index in [2.05, 4.69) is 15.6 Å². The molecule has 0 heterocycles. The summed E-state index contributed by atoms with van der Waals surface area (Å²) in [5.74, 6) is 1.60. The van der Waals surface area contributed by atoms with Gasteiger partial charge in [0.1, 0.15) is 11.5 Å². The van der Waals surface area contributed by atoms with E-state index in [0.29, 0.717) is 25.6 Å². The topological polar surface area (TPSA) is 54.9 Å². The van der Waals surface area contributed by atoms with Crippen LogP contribution in [0.25, 0.3) is 0 Å². The average Bonchev–Trinajstić information content (AvgIpc) is 2.69. The SMILES string of the molecule is CCNC(=NCc1cccc(OC)c1)NCc1ccc(OCC(F)(F)F)cc1. The van der Waals surface area contributed by atoms with Gasteiger partial charge in [-0.3, -0.25) is 0 Å². The van der Waals surface area contributed by atoms with E-state index in [1.54, 1.807) is 19.2 Å². The minimum Gasteiger partial charge on any atom is -0.497 e. The number of ether oxygens (including phenoxy) is 2. The van der Waals surface area contributed by atoms with Crippen molar-refractivity contribution in [3.8, 4) is 11.5 Å². The maximum Gasteiger partial charge on any atom is 0.422 e. The lowest BCUT2D eigenvalue weighted by Gasteiger charge is -2.12. The lowest BCUT2D eigenvalue weighted by molar-refractivity contribution is -0.153. The van der Waals surface area contributed by atoms with Crippen LogP contribution in [-0.4, -0.2) is 32.4 Å². The Hall–Kier alpha value is -2.90. The van der Waals surface area contributed by atoms with Crippen molar-refractivity contribution in [1.29, 1.82) is 0 Å². The van der Waals surface area contributed by atoms with Gasteiger partial charge in [0.15, 0.2) is 12.6 Å². The minimum atomic E-state index is -4.35. The van der Waals surface area contributed by atoms with E-state index >= 15 is 0 Å². The predicted octanol–water partition coefficient (Wildman–Crippen LogP) is 3.89. The molecule has 2 N–H and O–H groups in total. The normalized spacial score (nSPS) is 11.8. The molecule has 152 valence electrons. The number of benzene rings is 2. The summed E-state index contributed by atoms with van der Waals surface area (Å²) in [6.07, 6.45) is -4.35. The summed E-state index contributed by atoms with van der Waals surface area (Å²) in [5.41, 5.74) is 1.91. The van der Waals surface area contributed by atoms with Crippen LogP contribution >= 0.6 is 0 Å². The first-order valence-corrected chi connectivity index (χ1v) is 8.83. The molecule has 0 unspecified atom stereocenters. The van der Waals surface area contributed by atoms with Crippen molar-refractivity contribution in [3.63, 3.8) is 0 Å². The second kappa shape index (κ2) is 10.4. The number of halogens is 3. The average molecular weight is 395 g/mol. The fourth-order valence-corrected chi connectivity index (χ4v) is 2.34. The zero-order chi connectivity index (χ0) is 20.4. The zero-order valence-electron chi connectivity index (χ0n) is 15.8. The van der Waals surface area contributed by atoms with Gasteiger partial charge in [0.05, 0.1) is 13.7 Å². The number of hydrogen-bond donors (Lipinski definition) is 2. The highest BCUT2D eigenvalue weighted by Crippen LogP contribution is 2.19. The van der Waals surface area contributed by atoms with Crippen LogP contribution in [-0.2, 0) is 13.1 Å². The van der Waals surface area contributed by atoms with Crippen LogP contribution in [0.4, 0.5) is 13.2 Å². The second-order valence-corrected chi connectivity index (χ2v) is 5.95. The molecule has 0 aliphatic carbocycles. The third-order valence-corrected chi connectivity index (χ3v) is 3.68. The molecule has 2 rings (SSSR count). The molecule has 0 aliphatic rings. The van der Waals surface area contributed by atoms with E-state index < -0.39 is 12.8 Å². The van der Waals surface area contributed by atoms with Crippen LogP contribution in [0.15, 0.2) is 53.5 Å². The van der Waals surface area contributed by atoms with Gasteiger partial charge in [0.25, 0.3) is 0 Å². The number of nitrogens with zero attached hydrogens (tertiary/aromatic N) is 1. The standard InChI is InChI=1S/C20H24F3N3O2/c1-3-24-19(26-13-16-5-4-6-18(11-16)27-2)25-12-15-7-9-17(10-8-15)28-14-20(21,22)23/h4-11H,3,12-14H2,1-2H3,(H2,24,25,26). The van der Waals surface area contributed by atoms with Gasteiger partial charge in [0.2, 0.25) is 0 Å². The number of nitrogens with one attached hydrogen (secondary N) is 2. The van der Waals surface area contributed by atoms with Crippen LogP contribution in [0.2, 0.25) is 0 Å². The Kier molecular flexibility index (Phi) is 7.98. The van der Waals surface area contributed by atoms with Gasteiger partial charge in [0, 0.05) is 13.1 Å². The molecule has 2 aromatic carbocycles. The molecule has 28 heavy (non-hydrogen) atoms. The fraction of sp³-hybridized carbons (Fsp3) is 0.350. The molecule has 0 saturated carbocycles. The number of aliphatic imine (C=N–C) groups is 1. The van der Waals surface area contributed by atoms with Crippen LogP contribution < -0.4 is 20.1 Å². The summed E-state index contributed by atoms with van der Waals surface area (Å²) in [7, 11) is 1.62. The molecular weight excluding hydrogens is 371 g/mol. The maximum atomic E-state index is 12.2. The van der Waals surface area contributed by atoms with Crippen LogP contribution in [0.5, 0.6) is 11.5 Å². The molecule has 0 aromatic heterocycles. The molecule has 0 saturated heterocycles. The fourth-order valence-electron chi connectivity index (χ4n) is 2.34. The Morgan fingerprint density at radius 2 is 1.75 bits per heavy atom. The maximum absolute atomic E-state index is 12.2. The van der Waals surface area contributed by atoms with E-state index in [-0.39, 0.29) is 5.75 Å². The monoisotopic (exact) mass is 395 g/mol. The van der Waals surface area contributed by atoms with E-state index in [9.17, 15) is 13.2 Å². The van der Waals surface area contributed by atoms with E-state index in [1.807, 2.05) is 31.2 Å². The Morgan fingerprint density at radius 1 is 1.00 bits per heavy atom. The Bertz CT molecular complexity index is 762. The van der Waals surface area contributed by atoms with Gasteiger partial charge in [-0.15, -0.1) is 0 Å². The van der Waals surface area contributed by atoms with Crippen molar-refractivity contribution in [1.82, 2.24) is 10.6 Å². The minimum absolute atomic E-state index is 0.180. The summed E-state index contributed by atoms with van der Waals surface area (Å²) < 4.78 is 46.4. The van der Waals surface area contributed by atoms with E-state index in [1.165, 1.54) is 12.1 Å². The van der Waals surface area contributed by atoms with Gasteiger partial charge in [-0.05, 0) is 42.3 Å². The number of alkyl halides is 3. The summed E-state index contributed by atoms with van der Waals surface area (Å²) in [6.45, 7) is 2.33. The predicted molar refractivity (Wildman–Crippen MR) is 103 cm³/mol. The molecule has 0 spiro atoms. The van der Waals surface area contributed by atoms with E-state index in [0.717, 1.165) is 16.9 Å². The zero-order valence-corrected chi connectivity index (χ0v) is 15.8. The molecule has 0 radical (unpaired) electrons. The first-order valence-electron chi connectivity index (χ1n) is 8.83. The van der Waals surface area contributed by atoms with Crippen molar-refractivity contribution in [2.45, 2.75) is 26.2 Å². The van der Waals surface area contributed by atoms with Crippen molar-refractivity contribution < 1.29 is 22.6 Å². The Labute approximate surface area is 162 Å². The second-order valence-electron chi connectivity index (χ2n) is 5.95. The summed E-state index contributed by atoms with van der Waals surface area (Å²) in [6, 6.07) is 14.1. The molecule has 5 nitrogen and oxygen atoms in total. The number of hydrogen-bond acceptors (Lipinski definition) is 3. The largest absolute Gasteiger partial charge is 0.497 e. The molecule has 0 fully saturated rings. The Morgan fingerprint density at radius 3 is 2.39 bits per heavy atom. The highest BCUT2D eigenvalue weighted by atomic mass is 19.4. The molecule has 0 bridgehead atoms. The number of guanidine groups is 1. The number of rotatable bonds is 8. The smallest absolute Gasteiger partial charge is 0.422 e. The lowest BCUT2D eigenvalue weighted by atomic mass is 10.2. The van der Waals surface area contributed by atoms with Crippen molar-refractivity contribution in [2.24, 2.45) is 4.99 Å². The summed E-state index contributed by atoms with van der Waals surface area (Å²) >= 11 is 0. The Balaban J connectivity index is 1.91. The first kappa shape index (κ1) is 21.4. The van der Waals surface area contributed by atoms with Gasteiger partial charge in [-0.2, -0.15) is 13.2 Å². The first-order chi connectivity index (χ1) is 13.4. The van der Waals surface area contributed by atoms with E-state index in [4.69, 9.17) is 9.47 Å². The number of methoxy groups -OCH3 is 1. The van der Waals surface area contributed by atoms with Gasteiger partial charge in [-0.25, -0.2) is 4.99 Å². The molecular formula is C20H24F3N3O2. The van der Waals surface area contributed by atoms with Gasteiger partial charge in [-0.1, -0.05) is 24.3 Å².